The molecular formula is C30H34F3N5O5. The molecule has 3 aromatic rings. The molecule has 5 rings (SSSR count). The van der Waals surface area contributed by atoms with Crippen LogP contribution in [0.5, 0.6) is 11.5 Å². The van der Waals surface area contributed by atoms with E-state index in [0.29, 0.717) is 56.3 Å². The highest BCUT2D eigenvalue weighted by Crippen LogP contribution is 2.43. The predicted octanol–water partition coefficient (Wildman–Crippen LogP) is 5.76. The number of halogens is 3. The summed E-state index contributed by atoms with van der Waals surface area (Å²) in [5, 5.41) is 13.2. The highest BCUT2D eigenvalue weighted by Gasteiger charge is 2.39. The first-order valence-corrected chi connectivity index (χ1v) is 14.0. The van der Waals surface area contributed by atoms with Crippen LogP contribution >= 0.6 is 0 Å². The number of nitrogens with one attached hydrogen (secondary N) is 1. The number of rotatable bonds is 8. The molecule has 1 amide bonds. The zero-order valence-corrected chi connectivity index (χ0v) is 24.1. The molecule has 2 atom stereocenters. The molecule has 0 spiro atoms. The molecule has 1 aromatic heterocycles. The van der Waals surface area contributed by atoms with Gasteiger partial charge in [0.05, 0.1) is 62.3 Å². The minimum absolute atomic E-state index is 0.213. The lowest BCUT2D eigenvalue weighted by Crippen LogP contribution is -2.45. The Morgan fingerprint density at radius 1 is 1.09 bits per heavy atom. The highest BCUT2D eigenvalue weighted by molar-refractivity contribution is 5.89. The van der Waals surface area contributed by atoms with Gasteiger partial charge in [0.2, 0.25) is 5.95 Å². The third kappa shape index (κ3) is 6.56. The summed E-state index contributed by atoms with van der Waals surface area (Å²) in [5.74, 6) is 1.49. The van der Waals surface area contributed by atoms with Crippen molar-refractivity contribution >= 4 is 23.4 Å². The molecule has 2 aromatic carbocycles. The van der Waals surface area contributed by atoms with Crippen molar-refractivity contribution in [2.75, 3.05) is 55.6 Å². The van der Waals surface area contributed by atoms with Crippen molar-refractivity contribution in [3.63, 3.8) is 0 Å². The molecule has 2 aliphatic rings. The average molecular weight is 602 g/mol. The van der Waals surface area contributed by atoms with E-state index in [1.54, 1.807) is 26.5 Å². The van der Waals surface area contributed by atoms with E-state index in [1.807, 2.05) is 19.1 Å². The van der Waals surface area contributed by atoms with Crippen LogP contribution in [0.2, 0.25) is 0 Å². The van der Waals surface area contributed by atoms with Crippen molar-refractivity contribution in [1.82, 2.24) is 9.97 Å². The number of nitrogens with zero attached hydrogens (tertiary/aromatic N) is 4. The summed E-state index contributed by atoms with van der Waals surface area (Å²) in [7, 11) is 3.15. The molecule has 1 saturated heterocycles. The monoisotopic (exact) mass is 601 g/mol. The first kappa shape index (κ1) is 30.2. The Hall–Kier alpha value is -4.26. The molecular weight excluding hydrogens is 567 g/mol. The quantitative estimate of drug-likeness (QED) is 0.333. The summed E-state index contributed by atoms with van der Waals surface area (Å²) in [4.78, 5) is 24.9. The average Bonchev–Trinajstić information content (AvgIpc) is 3.00. The Balaban J connectivity index is 1.54. The number of hydrogen-bond acceptors (Lipinski definition) is 8. The molecule has 43 heavy (non-hydrogen) atoms. The minimum atomic E-state index is -4.59. The Bertz CT molecular complexity index is 1440. The Morgan fingerprint density at radius 2 is 1.79 bits per heavy atom. The van der Waals surface area contributed by atoms with Crippen LogP contribution in [0.25, 0.3) is 0 Å². The first-order valence-electron chi connectivity index (χ1n) is 14.0. The Labute approximate surface area is 247 Å². The van der Waals surface area contributed by atoms with Crippen LogP contribution in [0.3, 0.4) is 0 Å². The topological polar surface area (TPSA) is 109 Å². The SMILES string of the molecule is CC[C@@H]1C[C@H](Nc2ncc(N3CCOCC3)c(Cc3cc(OC)cc(OC)c3)n2)c2cc(C(F)(F)F)ccc2N1C(=O)O. The van der Waals surface area contributed by atoms with Gasteiger partial charge in [-0.05, 0) is 54.3 Å². The molecule has 3 heterocycles. The molecule has 230 valence electrons. The fraction of sp³-hybridized carbons (Fsp3) is 0.433. The summed E-state index contributed by atoms with van der Waals surface area (Å²) >= 11 is 0. The summed E-state index contributed by atoms with van der Waals surface area (Å²) in [6, 6.07) is 7.62. The molecule has 0 unspecified atom stereocenters. The van der Waals surface area contributed by atoms with Gasteiger partial charge in [0.1, 0.15) is 11.5 Å². The predicted molar refractivity (Wildman–Crippen MR) is 154 cm³/mol. The number of anilines is 3. The number of ether oxygens (including phenoxy) is 3. The Kier molecular flexibility index (Phi) is 8.81. The van der Waals surface area contributed by atoms with E-state index in [-0.39, 0.29) is 23.6 Å². The molecule has 0 aliphatic carbocycles. The number of fused-ring (bicyclic) bond motifs is 1. The number of amides is 1. The van der Waals surface area contributed by atoms with Crippen molar-refractivity contribution in [2.24, 2.45) is 0 Å². The standard InChI is InChI=1S/C30H34F3N5O5/c1-4-20-15-24(23-14-19(30(31,32)33)5-6-26(23)38(20)29(39)40)35-28-34-17-27(37-7-9-43-10-8-37)25(36-28)13-18-11-21(41-2)16-22(12-18)42-3/h5-6,11-12,14,16-17,20,24H,4,7-10,13,15H2,1-3H3,(H,39,40)(H,34,35,36)/t20-,24+/m1/s1. The van der Waals surface area contributed by atoms with Crippen LogP contribution in [0, 0.1) is 0 Å². The van der Waals surface area contributed by atoms with Crippen LogP contribution in [0.1, 0.15) is 48.2 Å². The lowest BCUT2D eigenvalue weighted by Gasteiger charge is -2.39. The fourth-order valence-electron chi connectivity index (χ4n) is 5.67. The van der Waals surface area contributed by atoms with Gasteiger partial charge >= 0.3 is 12.3 Å². The van der Waals surface area contributed by atoms with Crippen molar-refractivity contribution in [3.8, 4) is 11.5 Å². The van der Waals surface area contributed by atoms with E-state index in [0.717, 1.165) is 28.3 Å². The number of morpholine rings is 1. The molecule has 2 N–H and O–H groups in total. The van der Waals surface area contributed by atoms with Gasteiger partial charge in [-0.15, -0.1) is 0 Å². The Morgan fingerprint density at radius 3 is 2.40 bits per heavy atom. The van der Waals surface area contributed by atoms with E-state index >= 15 is 0 Å². The second-order valence-electron chi connectivity index (χ2n) is 10.4. The van der Waals surface area contributed by atoms with Gasteiger partial charge in [-0.25, -0.2) is 14.8 Å². The zero-order valence-electron chi connectivity index (χ0n) is 24.1. The minimum Gasteiger partial charge on any atom is -0.497 e. The van der Waals surface area contributed by atoms with Gasteiger partial charge < -0.3 is 29.5 Å². The number of hydrogen-bond donors (Lipinski definition) is 2. The van der Waals surface area contributed by atoms with E-state index < -0.39 is 29.9 Å². The van der Waals surface area contributed by atoms with Gasteiger partial charge in [0.15, 0.2) is 0 Å². The van der Waals surface area contributed by atoms with Crippen molar-refractivity contribution < 1.29 is 37.3 Å². The summed E-state index contributed by atoms with van der Waals surface area (Å²) in [6.07, 6.45) is -2.96. The maximum Gasteiger partial charge on any atom is 0.416 e. The van der Waals surface area contributed by atoms with Crippen LogP contribution in [0.15, 0.2) is 42.6 Å². The maximum absolute atomic E-state index is 13.7. The number of benzene rings is 2. The molecule has 0 bridgehead atoms. The van der Waals surface area contributed by atoms with Crippen molar-refractivity contribution in [2.45, 2.75) is 44.4 Å². The number of carbonyl (C=O) groups is 1. The van der Waals surface area contributed by atoms with E-state index in [4.69, 9.17) is 19.2 Å². The third-order valence-corrected chi connectivity index (χ3v) is 7.82. The zero-order chi connectivity index (χ0) is 30.7. The largest absolute Gasteiger partial charge is 0.497 e. The number of carboxylic acid groups (broad SMARTS) is 1. The van der Waals surface area contributed by atoms with Crippen LogP contribution in [0.4, 0.5) is 35.3 Å². The molecule has 1 fully saturated rings. The lowest BCUT2D eigenvalue weighted by molar-refractivity contribution is -0.137. The molecule has 2 aliphatic heterocycles. The lowest BCUT2D eigenvalue weighted by atomic mass is 9.89. The van der Waals surface area contributed by atoms with Gasteiger partial charge in [-0.1, -0.05) is 6.92 Å². The first-order chi connectivity index (χ1) is 20.6. The van der Waals surface area contributed by atoms with E-state index in [2.05, 4.69) is 15.2 Å². The van der Waals surface area contributed by atoms with Crippen molar-refractivity contribution in [1.29, 1.82) is 0 Å². The molecule has 0 radical (unpaired) electrons. The fourth-order valence-corrected chi connectivity index (χ4v) is 5.67. The van der Waals surface area contributed by atoms with Gasteiger partial charge in [0.25, 0.3) is 0 Å². The van der Waals surface area contributed by atoms with Gasteiger partial charge in [-0.2, -0.15) is 13.2 Å². The van der Waals surface area contributed by atoms with Crippen LogP contribution < -0.4 is 24.6 Å². The van der Waals surface area contributed by atoms with Crippen molar-refractivity contribution in [3.05, 3.63) is 65.0 Å². The maximum atomic E-state index is 13.7. The molecule has 0 saturated carbocycles. The number of aromatic nitrogens is 2. The summed E-state index contributed by atoms with van der Waals surface area (Å²) < 4.78 is 57.5. The normalized spacial score (nSPS) is 18.7. The highest BCUT2D eigenvalue weighted by atomic mass is 19.4. The number of alkyl halides is 3. The second kappa shape index (κ2) is 12.5. The van der Waals surface area contributed by atoms with Crippen LogP contribution in [-0.4, -0.2) is 67.7 Å². The smallest absolute Gasteiger partial charge is 0.416 e. The molecule has 10 nitrogen and oxygen atoms in total. The van der Waals surface area contributed by atoms with Gasteiger partial charge in [-0.3, -0.25) is 4.90 Å². The van der Waals surface area contributed by atoms with E-state index in [1.165, 1.54) is 6.07 Å². The number of methoxy groups -OCH3 is 2. The van der Waals surface area contributed by atoms with Gasteiger partial charge in [0, 0.05) is 31.6 Å². The summed E-state index contributed by atoms with van der Waals surface area (Å²) in [5.41, 5.74) is 1.99. The third-order valence-electron chi connectivity index (χ3n) is 7.82. The second-order valence-corrected chi connectivity index (χ2v) is 10.4. The van der Waals surface area contributed by atoms with Crippen LogP contribution in [-0.2, 0) is 17.3 Å². The molecule has 13 heteroatoms. The van der Waals surface area contributed by atoms with E-state index in [9.17, 15) is 23.1 Å². The summed E-state index contributed by atoms with van der Waals surface area (Å²) in [6.45, 7) is 4.28.